The van der Waals surface area contributed by atoms with Crippen molar-refractivity contribution in [2.75, 3.05) is 5.32 Å². The fraction of sp³-hybridized carbons (Fsp3) is 0.263. The summed E-state index contributed by atoms with van der Waals surface area (Å²) in [5, 5.41) is 11.7. The first-order chi connectivity index (χ1) is 13.1. The predicted molar refractivity (Wildman–Crippen MR) is 112 cm³/mol. The molecule has 0 aromatic heterocycles. The average Bonchev–Trinajstić information content (AvgIpc) is 2.57. The van der Waals surface area contributed by atoms with Crippen LogP contribution in [0, 0.1) is 11.7 Å². The van der Waals surface area contributed by atoms with Crippen molar-refractivity contribution < 1.29 is 23.8 Å². The summed E-state index contributed by atoms with van der Waals surface area (Å²) in [7, 11) is 0. The lowest BCUT2D eigenvalue weighted by atomic mass is 10.1. The summed E-state index contributed by atoms with van der Waals surface area (Å²) in [5.74, 6) is -1.83. The van der Waals surface area contributed by atoms with Gasteiger partial charge in [0.25, 0.3) is 0 Å². The number of halogens is 4. The van der Waals surface area contributed by atoms with E-state index in [1.54, 1.807) is 26.0 Å². The minimum Gasteiger partial charge on any atom is -0.486 e. The molecule has 150 valence electrons. The van der Waals surface area contributed by atoms with E-state index in [9.17, 15) is 14.0 Å². The number of carbonyl (C=O) groups excluding carboxylic acids is 1. The standard InChI is InChI=1S/C19H17Br2ClFNO4/c1-9(2)19(27)24-15-7-12(22)6-11(17(15)23)8-28-18-13(20)3-10(4-14(18)21)5-16(25)26/h3-4,6-7,9H,5,8H2,1-2H3,(H,24,27)(H,25,26). The molecule has 2 N–H and O–H groups in total. The second kappa shape index (κ2) is 9.71. The third-order valence-electron chi connectivity index (χ3n) is 3.68. The number of carboxylic acids is 1. The number of carboxylic acid groups (broad SMARTS) is 1. The Morgan fingerprint density at radius 3 is 2.36 bits per heavy atom. The molecule has 0 saturated carbocycles. The smallest absolute Gasteiger partial charge is 0.307 e. The van der Waals surface area contributed by atoms with Crippen molar-refractivity contribution in [3.8, 4) is 5.75 Å². The molecule has 0 bridgehead atoms. The molecule has 0 spiro atoms. The van der Waals surface area contributed by atoms with Gasteiger partial charge in [0.1, 0.15) is 12.4 Å². The molecule has 0 fully saturated rings. The van der Waals surface area contributed by atoms with Crippen LogP contribution >= 0.6 is 43.5 Å². The van der Waals surface area contributed by atoms with Crippen molar-refractivity contribution >= 4 is 61.0 Å². The van der Waals surface area contributed by atoms with Gasteiger partial charge in [0.2, 0.25) is 5.91 Å². The lowest BCUT2D eigenvalue weighted by Gasteiger charge is -2.15. The Bertz CT molecular complexity index is 898. The van der Waals surface area contributed by atoms with Crippen molar-refractivity contribution in [3.05, 3.63) is 55.2 Å². The Balaban J connectivity index is 2.24. The van der Waals surface area contributed by atoms with Gasteiger partial charge in [-0.05, 0) is 61.7 Å². The molecule has 0 aliphatic heterocycles. The van der Waals surface area contributed by atoms with Gasteiger partial charge in [0, 0.05) is 16.5 Å². The zero-order chi connectivity index (χ0) is 21.0. The van der Waals surface area contributed by atoms with Gasteiger partial charge in [-0.25, -0.2) is 4.39 Å². The van der Waals surface area contributed by atoms with E-state index in [-0.39, 0.29) is 41.1 Å². The van der Waals surface area contributed by atoms with Gasteiger partial charge in [-0.3, -0.25) is 9.59 Å². The normalized spacial score (nSPS) is 10.8. The number of anilines is 1. The highest BCUT2D eigenvalue weighted by Crippen LogP contribution is 2.36. The van der Waals surface area contributed by atoms with Crippen LogP contribution in [0.3, 0.4) is 0 Å². The largest absolute Gasteiger partial charge is 0.486 e. The number of rotatable bonds is 7. The van der Waals surface area contributed by atoms with Crippen LogP contribution in [-0.4, -0.2) is 17.0 Å². The predicted octanol–water partition coefficient (Wildman–Crippen LogP) is 5.80. The third-order valence-corrected chi connectivity index (χ3v) is 5.08. The number of benzene rings is 2. The minimum atomic E-state index is -0.954. The summed E-state index contributed by atoms with van der Waals surface area (Å²) < 4.78 is 21.5. The van der Waals surface area contributed by atoms with E-state index in [1.165, 1.54) is 12.1 Å². The van der Waals surface area contributed by atoms with E-state index in [4.69, 9.17) is 21.4 Å². The van der Waals surface area contributed by atoms with Crippen LogP contribution in [0.2, 0.25) is 5.02 Å². The number of ether oxygens (including phenoxy) is 1. The van der Waals surface area contributed by atoms with Gasteiger partial charge in [0.05, 0.1) is 21.1 Å². The monoisotopic (exact) mass is 535 g/mol. The van der Waals surface area contributed by atoms with Crippen LogP contribution in [0.25, 0.3) is 0 Å². The van der Waals surface area contributed by atoms with Gasteiger partial charge in [-0.15, -0.1) is 0 Å². The van der Waals surface area contributed by atoms with E-state index in [2.05, 4.69) is 37.2 Å². The van der Waals surface area contributed by atoms with Crippen LogP contribution in [0.1, 0.15) is 25.0 Å². The number of amides is 1. The molecule has 1 amide bonds. The van der Waals surface area contributed by atoms with Gasteiger partial charge >= 0.3 is 5.97 Å². The molecule has 2 aromatic rings. The molecule has 0 radical (unpaired) electrons. The Morgan fingerprint density at radius 2 is 1.82 bits per heavy atom. The molecule has 0 heterocycles. The van der Waals surface area contributed by atoms with E-state index in [1.807, 2.05) is 0 Å². The van der Waals surface area contributed by atoms with Gasteiger partial charge < -0.3 is 15.2 Å². The maximum atomic E-state index is 14.7. The SMILES string of the molecule is CC(C)C(=O)Nc1cc(Cl)cc(COc2c(Br)cc(CC(=O)O)cc2Br)c1F. The molecule has 0 atom stereocenters. The average molecular weight is 538 g/mol. The fourth-order valence-electron chi connectivity index (χ4n) is 2.30. The summed E-state index contributed by atoms with van der Waals surface area (Å²) in [4.78, 5) is 22.7. The highest BCUT2D eigenvalue weighted by Gasteiger charge is 2.17. The van der Waals surface area contributed by atoms with Gasteiger partial charge in [-0.2, -0.15) is 0 Å². The minimum absolute atomic E-state index is 0.0141. The van der Waals surface area contributed by atoms with Crippen molar-refractivity contribution in [3.63, 3.8) is 0 Å². The second-order valence-corrected chi connectivity index (χ2v) is 8.46. The molecular weight excluding hydrogens is 520 g/mol. The quantitative estimate of drug-likeness (QED) is 0.468. The maximum Gasteiger partial charge on any atom is 0.307 e. The van der Waals surface area contributed by atoms with Gasteiger partial charge in [0.15, 0.2) is 5.82 Å². The van der Waals surface area contributed by atoms with Crippen molar-refractivity contribution in [2.45, 2.75) is 26.9 Å². The lowest BCUT2D eigenvalue weighted by molar-refractivity contribution is -0.136. The first kappa shape index (κ1) is 22.6. The summed E-state index contributed by atoms with van der Waals surface area (Å²) in [6, 6.07) is 6.00. The van der Waals surface area contributed by atoms with E-state index < -0.39 is 11.8 Å². The zero-order valence-electron chi connectivity index (χ0n) is 15.0. The Morgan fingerprint density at radius 1 is 1.21 bits per heavy atom. The third kappa shape index (κ3) is 5.93. The highest BCUT2D eigenvalue weighted by atomic mass is 79.9. The Labute approximate surface area is 183 Å². The summed E-state index contributed by atoms with van der Waals surface area (Å²) in [6.45, 7) is 3.25. The molecule has 0 unspecified atom stereocenters. The molecule has 0 aliphatic rings. The highest BCUT2D eigenvalue weighted by molar-refractivity contribution is 9.11. The Hall–Kier alpha value is -1.64. The molecule has 0 aliphatic carbocycles. The number of hydrogen-bond donors (Lipinski definition) is 2. The molecule has 9 heteroatoms. The molecule has 5 nitrogen and oxygen atoms in total. The van der Waals surface area contributed by atoms with E-state index in [0.29, 0.717) is 20.3 Å². The zero-order valence-corrected chi connectivity index (χ0v) is 18.9. The number of aliphatic carboxylic acids is 1. The number of hydrogen-bond acceptors (Lipinski definition) is 3. The number of nitrogens with one attached hydrogen (secondary N) is 1. The van der Waals surface area contributed by atoms with E-state index >= 15 is 0 Å². The number of carbonyl (C=O) groups is 2. The fourth-order valence-corrected chi connectivity index (χ4v) is 4.05. The first-order valence-electron chi connectivity index (χ1n) is 8.19. The molecule has 0 saturated heterocycles. The van der Waals surface area contributed by atoms with Crippen LogP contribution in [-0.2, 0) is 22.6 Å². The van der Waals surface area contributed by atoms with E-state index in [0.717, 1.165) is 0 Å². The topological polar surface area (TPSA) is 75.6 Å². The maximum absolute atomic E-state index is 14.7. The lowest BCUT2D eigenvalue weighted by Crippen LogP contribution is -2.19. The summed E-state index contributed by atoms with van der Waals surface area (Å²) >= 11 is 12.7. The van der Waals surface area contributed by atoms with Crippen LogP contribution < -0.4 is 10.1 Å². The van der Waals surface area contributed by atoms with Crippen LogP contribution in [0.5, 0.6) is 5.75 Å². The molecule has 2 aromatic carbocycles. The molecular formula is C19H17Br2ClFNO4. The second-order valence-electron chi connectivity index (χ2n) is 6.32. The summed E-state index contributed by atoms with van der Waals surface area (Å²) in [5.41, 5.74) is 0.728. The Kier molecular flexibility index (Phi) is 7.86. The summed E-state index contributed by atoms with van der Waals surface area (Å²) in [6.07, 6.45) is -0.140. The first-order valence-corrected chi connectivity index (χ1v) is 10.2. The van der Waals surface area contributed by atoms with Gasteiger partial charge in [-0.1, -0.05) is 25.4 Å². The van der Waals surface area contributed by atoms with Crippen molar-refractivity contribution in [1.29, 1.82) is 0 Å². The van der Waals surface area contributed by atoms with Crippen LogP contribution in [0.4, 0.5) is 10.1 Å². The molecule has 2 rings (SSSR count). The molecule has 28 heavy (non-hydrogen) atoms. The van der Waals surface area contributed by atoms with Crippen molar-refractivity contribution in [2.24, 2.45) is 5.92 Å². The van der Waals surface area contributed by atoms with Crippen molar-refractivity contribution in [1.82, 2.24) is 0 Å². The van der Waals surface area contributed by atoms with Crippen LogP contribution in [0.15, 0.2) is 33.2 Å².